The van der Waals surface area contributed by atoms with Crippen LogP contribution in [0.15, 0.2) is 48.5 Å². The second-order valence-corrected chi connectivity index (χ2v) is 7.17. The van der Waals surface area contributed by atoms with Crippen molar-refractivity contribution in [3.63, 3.8) is 0 Å². The van der Waals surface area contributed by atoms with Crippen LogP contribution in [0.4, 0.5) is 5.69 Å². The topological polar surface area (TPSA) is 73.5 Å². The van der Waals surface area contributed by atoms with Crippen LogP contribution in [0.25, 0.3) is 0 Å². The Morgan fingerprint density at radius 3 is 2.74 bits per heavy atom. The summed E-state index contributed by atoms with van der Waals surface area (Å²) in [6.07, 6.45) is 0.837. The van der Waals surface area contributed by atoms with Gasteiger partial charge in [-0.3, -0.25) is 14.5 Å². The normalized spacial score (nSPS) is 19.6. The molecule has 0 aliphatic carbocycles. The second kappa shape index (κ2) is 7.80. The van der Waals surface area contributed by atoms with E-state index in [1.54, 1.807) is 0 Å². The summed E-state index contributed by atoms with van der Waals surface area (Å²) >= 11 is 0. The largest absolute Gasteiger partial charge is 0.383 e. The molecular formula is C21H24N4O2. The fraction of sp³-hybridized carbons (Fsp3) is 0.333. The number of carbonyl (C=O) groups excluding carboxylic acids is 2. The Labute approximate surface area is 158 Å². The lowest BCUT2D eigenvalue weighted by Gasteiger charge is -2.27. The minimum atomic E-state index is -0.0509. The molecule has 0 aromatic heterocycles. The first-order chi connectivity index (χ1) is 13.2. The van der Waals surface area contributed by atoms with E-state index < -0.39 is 0 Å². The van der Waals surface area contributed by atoms with Gasteiger partial charge in [0.1, 0.15) is 0 Å². The number of carbonyl (C=O) groups is 2. The summed E-state index contributed by atoms with van der Waals surface area (Å²) in [6, 6.07) is 15.9. The quantitative estimate of drug-likeness (QED) is 0.767. The molecule has 27 heavy (non-hydrogen) atoms. The zero-order chi connectivity index (χ0) is 18.6. The highest BCUT2D eigenvalue weighted by atomic mass is 16.2. The number of rotatable bonds is 4. The van der Waals surface area contributed by atoms with Crippen molar-refractivity contribution in [1.82, 2.24) is 15.5 Å². The summed E-state index contributed by atoms with van der Waals surface area (Å²) in [6.45, 7) is 3.43. The molecule has 1 saturated heterocycles. The Bertz CT molecular complexity index is 834. The van der Waals surface area contributed by atoms with Crippen molar-refractivity contribution >= 4 is 17.5 Å². The lowest BCUT2D eigenvalue weighted by Crippen LogP contribution is -2.47. The van der Waals surface area contributed by atoms with Crippen molar-refractivity contribution in [1.29, 1.82) is 0 Å². The Morgan fingerprint density at radius 2 is 1.93 bits per heavy atom. The van der Waals surface area contributed by atoms with Crippen LogP contribution in [0.3, 0.4) is 0 Å². The van der Waals surface area contributed by atoms with E-state index in [0.717, 1.165) is 37.3 Å². The minimum absolute atomic E-state index is 0.0509. The zero-order valence-corrected chi connectivity index (χ0v) is 15.2. The second-order valence-electron chi connectivity index (χ2n) is 7.17. The molecule has 6 heteroatoms. The molecule has 2 aromatic carbocycles. The van der Waals surface area contributed by atoms with Crippen molar-refractivity contribution in [2.45, 2.75) is 19.0 Å². The van der Waals surface area contributed by atoms with Gasteiger partial charge < -0.3 is 16.0 Å². The number of nitrogens with one attached hydrogen (secondary N) is 3. The summed E-state index contributed by atoms with van der Waals surface area (Å²) in [5, 5.41) is 9.32. The predicted octanol–water partition coefficient (Wildman–Crippen LogP) is 1.38. The highest BCUT2D eigenvalue weighted by Crippen LogP contribution is 2.21. The first-order valence-corrected chi connectivity index (χ1v) is 9.38. The van der Waals surface area contributed by atoms with Crippen molar-refractivity contribution in [3.05, 3.63) is 65.2 Å². The number of fused-ring (bicyclic) bond motifs is 1. The van der Waals surface area contributed by atoms with Crippen LogP contribution in [0.5, 0.6) is 0 Å². The van der Waals surface area contributed by atoms with Gasteiger partial charge in [-0.15, -0.1) is 0 Å². The van der Waals surface area contributed by atoms with Crippen LogP contribution in [0, 0.1) is 0 Å². The van der Waals surface area contributed by atoms with Gasteiger partial charge in [0.15, 0.2) is 0 Å². The SMILES string of the molecule is O=C1CN(Cc2ccc(C(=O)NC3CNc4ccccc4C3)cc2)CCN1. The summed E-state index contributed by atoms with van der Waals surface area (Å²) in [5.74, 6) is 0.0185. The molecule has 2 aromatic rings. The summed E-state index contributed by atoms with van der Waals surface area (Å²) < 4.78 is 0. The predicted molar refractivity (Wildman–Crippen MR) is 105 cm³/mol. The average molecular weight is 364 g/mol. The van der Waals surface area contributed by atoms with Gasteiger partial charge in [-0.1, -0.05) is 30.3 Å². The Morgan fingerprint density at radius 1 is 1.11 bits per heavy atom. The third-order valence-corrected chi connectivity index (χ3v) is 5.10. The van der Waals surface area contributed by atoms with Crippen LogP contribution in [-0.4, -0.2) is 48.9 Å². The number of nitrogens with zero attached hydrogens (tertiary/aromatic N) is 1. The Kier molecular flexibility index (Phi) is 5.07. The number of para-hydroxylation sites is 1. The molecule has 0 spiro atoms. The highest BCUT2D eigenvalue weighted by Gasteiger charge is 2.20. The van der Waals surface area contributed by atoms with Gasteiger partial charge in [0.25, 0.3) is 5.91 Å². The molecule has 2 aliphatic rings. The smallest absolute Gasteiger partial charge is 0.251 e. The van der Waals surface area contributed by atoms with Crippen LogP contribution < -0.4 is 16.0 Å². The van der Waals surface area contributed by atoms with Gasteiger partial charge in [0.2, 0.25) is 5.91 Å². The van der Waals surface area contributed by atoms with E-state index in [1.807, 2.05) is 36.4 Å². The lowest BCUT2D eigenvalue weighted by atomic mass is 9.99. The molecule has 2 heterocycles. The number of piperazine rings is 1. The van der Waals surface area contributed by atoms with E-state index in [0.29, 0.717) is 18.7 Å². The Balaban J connectivity index is 1.33. The average Bonchev–Trinajstić information content (AvgIpc) is 2.68. The molecule has 3 N–H and O–H groups in total. The van der Waals surface area contributed by atoms with Crippen molar-refractivity contribution in [2.75, 3.05) is 31.5 Å². The summed E-state index contributed by atoms with van der Waals surface area (Å²) in [5.41, 5.74) is 4.15. The van der Waals surface area contributed by atoms with Crippen LogP contribution in [0.1, 0.15) is 21.5 Å². The molecule has 1 fully saturated rings. The van der Waals surface area contributed by atoms with E-state index in [4.69, 9.17) is 0 Å². The molecule has 0 saturated carbocycles. The fourth-order valence-corrected chi connectivity index (χ4v) is 3.66. The van der Waals surface area contributed by atoms with Crippen molar-refractivity contribution in [3.8, 4) is 0 Å². The van der Waals surface area contributed by atoms with Crippen molar-refractivity contribution in [2.24, 2.45) is 0 Å². The third kappa shape index (κ3) is 4.28. The van der Waals surface area contributed by atoms with Crippen LogP contribution in [0.2, 0.25) is 0 Å². The number of amides is 2. The van der Waals surface area contributed by atoms with Gasteiger partial charge >= 0.3 is 0 Å². The number of benzene rings is 2. The van der Waals surface area contributed by atoms with Gasteiger partial charge in [0.05, 0.1) is 12.6 Å². The maximum atomic E-state index is 12.6. The van der Waals surface area contributed by atoms with Gasteiger partial charge in [-0.2, -0.15) is 0 Å². The lowest BCUT2D eigenvalue weighted by molar-refractivity contribution is -0.124. The maximum Gasteiger partial charge on any atom is 0.251 e. The van der Waals surface area contributed by atoms with E-state index in [9.17, 15) is 9.59 Å². The Hall–Kier alpha value is -2.86. The molecule has 4 rings (SSSR count). The van der Waals surface area contributed by atoms with Gasteiger partial charge in [-0.05, 0) is 35.7 Å². The van der Waals surface area contributed by atoms with Gasteiger partial charge in [0, 0.05) is 37.4 Å². The molecule has 1 atom stereocenters. The highest BCUT2D eigenvalue weighted by molar-refractivity contribution is 5.94. The van der Waals surface area contributed by atoms with E-state index in [1.165, 1.54) is 5.56 Å². The van der Waals surface area contributed by atoms with Crippen LogP contribution in [-0.2, 0) is 17.8 Å². The molecule has 6 nitrogen and oxygen atoms in total. The van der Waals surface area contributed by atoms with E-state index >= 15 is 0 Å². The minimum Gasteiger partial charge on any atom is -0.383 e. The third-order valence-electron chi connectivity index (χ3n) is 5.10. The standard InChI is InChI=1S/C21H24N4O2/c26-20-14-25(10-9-22-20)13-15-5-7-16(8-6-15)21(27)24-18-11-17-3-1-2-4-19(17)23-12-18/h1-8,18,23H,9-14H2,(H,22,26)(H,24,27). The summed E-state index contributed by atoms with van der Waals surface area (Å²) in [4.78, 5) is 26.1. The fourth-order valence-electron chi connectivity index (χ4n) is 3.66. The summed E-state index contributed by atoms with van der Waals surface area (Å²) in [7, 11) is 0. The molecular weight excluding hydrogens is 340 g/mol. The molecule has 2 amide bonds. The van der Waals surface area contributed by atoms with Crippen molar-refractivity contribution < 1.29 is 9.59 Å². The van der Waals surface area contributed by atoms with Crippen LogP contribution >= 0.6 is 0 Å². The zero-order valence-electron chi connectivity index (χ0n) is 15.2. The first kappa shape index (κ1) is 17.5. The van der Waals surface area contributed by atoms with Gasteiger partial charge in [-0.25, -0.2) is 0 Å². The number of anilines is 1. The van der Waals surface area contributed by atoms with E-state index in [-0.39, 0.29) is 17.9 Å². The molecule has 140 valence electrons. The van der Waals surface area contributed by atoms with E-state index in [2.05, 4.69) is 33.0 Å². The maximum absolute atomic E-state index is 12.6. The molecule has 0 radical (unpaired) electrons. The number of hydrogen-bond acceptors (Lipinski definition) is 4. The molecule has 1 unspecified atom stereocenters. The molecule has 2 aliphatic heterocycles. The monoisotopic (exact) mass is 364 g/mol. The number of hydrogen-bond donors (Lipinski definition) is 3. The first-order valence-electron chi connectivity index (χ1n) is 9.38. The molecule has 0 bridgehead atoms.